The molecule has 0 saturated carbocycles. The summed E-state index contributed by atoms with van der Waals surface area (Å²) in [5.41, 5.74) is 8.49. The van der Waals surface area contributed by atoms with Crippen LogP contribution in [0.3, 0.4) is 0 Å². The predicted octanol–water partition coefficient (Wildman–Crippen LogP) is 3.67. The van der Waals surface area contributed by atoms with Gasteiger partial charge in [0.25, 0.3) is 0 Å². The van der Waals surface area contributed by atoms with Crippen LogP contribution in [0.25, 0.3) is 11.1 Å². The number of anilines is 1. The van der Waals surface area contributed by atoms with Crippen molar-refractivity contribution in [2.24, 2.45) is 11.7 Å². The Bertz CT molecular complexity index is 581. The molecule has 2 rings (SSSR count). The van der Waals surface area contributed by atoms with E-state index in [4.69, 9.17) is 5.73 Å². The van der Waals surface area contributed by atoms with Crippen molar-refractivity contribution >= 4 is 11.6 Å². The van der Waals surface area contributed by atoms with E-state index in [9.17, 15) is 4.79 Å². The molecule has 1 atom stereocenters. The minimum Gasteiger partial charge on any atom is -0.330 e. The van der Waals surface area contributed by atoms with Crippen molar-refractivity contribution in [1.29, 1.82) is 0 Å². The van der Waals surface area contributed by atoms with Gasteiger partial charge in [0.2, 0.25) is 5.91 Å². The van der Waals surface area contributed by atoms with Crippen LogP contribution in [0.5, 0.6) is 0 Å². The quantitative estimate of drug-likeness (QED) is 0.849. The first-order chi connectivity index (χ1) is 10.2. The number of nitrogens with one attached hydrogen (secondary N) is 1. The normalized spacial score (nSPS) is 11.9. The molecule has 0 bridgehead atoms. The lowest BCUT2D eigenvalue weighted by atomic mass is 10.0. The molecular weight excluding hydrogens is 260 g/mol. The number of carbonyl (C=O) groups is 1. The zero-order valence-corrected chi connectivity index (χ0v) is 12.4. The van der Waals surface area contributed by atoms with Crippen LogP contribution in [0, 0.1) is 5.92 Å². The minimum atomic E-state index is -0.0302. The van der Waals surface area contributed by atoms with Gasteiger partial charge in [0, 0.05) is 17.2 Å². The molecule has 1 unspecified atom stereocenters. The molecule has 1 amide bonds. The van der Waals surface area contributed by atoms with Crippen molar-refractivity contribution in [1.82, 2.24) is 0 Å². The second-order valence-corrected chi connectivity index (χ2v) is 5.23. The second-order valence-electron chi connectivity index (χ2n) is 5.23. The summed E-state index contributed by atoms with van der Waals surface area (Å²) in [6, 6.07) is 18.0. The average molecular weight is 282 g/mol. The monoisotopic (exact) mass is 282 g/mol. The van der Waals surface area contributed by atoms with Gasteiger partial charge in [-0.3, -0.25) is 4.79 Å². The van der Waals surface area contributed by atoms with Crippen molar-refractivity contribution in [3.8, 4) is 11.1 Å². The SMILES string of the molecule is CC(CCCN)C(=O)Nc1ccccc1-c1ccccc1. The van der Waals surface area contributed by atoms with E-state index in [1.54, 1.807) is 0 Å². The lowest BCUT2D eigenvalue weighted by molar-refractivity contribution is -0.119. The average Bonchev–Trinajstić information content (AvgIpc) is 2.54. The summed E-state index contributed by atoms with van der Waals surface area (Å²) < 4.78 is 0. The number of hydrogen-bond donors (Lipinski definition) is 2. The molecule has 0 saturated heterocycles. The van der Waals surface area contributed by atoms with Crippen LogP contribution in [-0.2, 0) is 4.79 Å². The number of para-hydroxylation sites is 1. The van der Waals surface area contributed by atoms with Crippen molar-refractivity contribution in [3.05, 3.63) is 54.6 Å². The maximum atomic E-state index is 12.2. The van der Waals surface area contributed by atoms with Crippen LogP contribution >= 0.6 is 0 Å². The van der Waals surface area contributed by atoms with E-state index in [-0.39, 0.29) is 11.8 Å². The zero-order valence-electron chi connectivity index (χ0n) is 12.4. The number of nitrogens with two attached hydrogens (primary N) is 1. The molecule has 0 radical (unpaired) electrons. The summed E-state index contributed by atoms with van der Waals surface area (Å²) in [7, 11) is 0. The highest BCUT2D eigenvalue weighted by molar-refractivity contribution is 5.96. The molecule has 0 fully saturated rings. The van der Waals surface area contributed by atoms with Crippen LogP contribution in [0.4, 0.5) is 5.69 Å². The lowest BCUT2D eigenvalue weighted by Gasteiger charge is -2.15. The van der Waals surface area contributed by atoms with Gasteiger partial charge in [0.1, 0.15) is 0 Å². The first-order valence-corrected chi connectivity index (χ1v) is 7.37. The molecule has 0 heterocycles. The molecule has 2 aromatic rings. The Balaban J connectivity index is 2.16. The highest BCUT2D eigenvalue weighted by Gasteiger charge is 2.14. The van der Waals surface area contributed by atoms with Gasteiger partial charge in [-0.2, -0.15) is 0 Å². The van der Waals surface area contributed by atoms with E-state index in [0.717, 1.165) is 29.7 Å². The Morgan fingerprint density at radius 2 is 1.76 bits per heavy atom. The maximum absolute atomic E-state index is 12.2. The van der Waals surface area contributed by atoms with Crippen molar-refractivity contribution < 1.29 is 4.79 Å². The highest BCUT2D eigenvalue weighted by Crippen LogP contribution is 2.28. The van der Waals surface area contributed by atoms with Crippen molar-refractivity contribution in [3.63, 3.8) is 0 Å². The Hall–Kier alpha value is -2.13. The molecule has 110 valence electrons. The van der Waals surface area contributed by atoms with E-state index in [1.165, 1.54) is 0 Å². The summed E-state index contributed by atoms with van der Waals surface area (Å²) in [6.45, 7) is 2.56. The first-order valence-electron chi connectivity index (χ1n) is 7.37. The Morgan fingerprint density at radius 1 is 1.10 bits per heavy atom. The van der Waals surface area contributed by atoms with Crippen LogP contribution < -0.4 is 11.1 Å². The Morgan fingerprint density at radius 3 is 2.48 bits per heavy atom. The van der Waals surface area contributed by atoms with Crippen LogP contribution in [0.2, 0.25) is 0 Å². The number of amides is 1. The molecule has 3 N–H and O–H groups in total. The number of rotatable bonds is 6. The Kier molecular flexibility index (Phi) is 5.52. The maximum Gasteiger partial charge on any atom is 0.227 e. The molecule has 0 aliphatic heterocycles. The zero-order chi connectivity index (χ0) is 15.1. The summed E-state index contributed by atoms with van der Waals surface area (Å²) in [6.07, 6.45) is 1.69. The van der Waals surface area contributed by atoms with Crippen molar-refractivity contribution in [2.45, 2.75) is 19.8 Å². The first kappa shape index (κ1) is 15.3. The fourth-order valence-corrected chi connectivity index (χ4v) is 2.27. The topological polar surface area (TPSA) is 55.1 Å². The summed E-state index contributed by atoms with van der Waals surface area (Å²) in [5, 5.41) is 3.04. The van der Waals surface area contributed by atoms with E-state index >= 15 is 0 Å². The molecule has 2 aromatic carbocycles. The van der Waals surface area contributed by atoms with Crippen molar-refractivity contribution in [2.75, 3.05) is 11.9 Å². The fourth-order valence-electron chi connectivity index (χ4n) is 2.27. The fraction of sp³-hybridized carbons (Fsp3) is 0.278. The largest absolute Gasteiger partial charge is 0.330 e. The van der Waals surface area contributed by atoms with Gasteiger partial charge >= 0.3 is 0 Å². The molecule has 21 heavy (non-hydrogen) atoms. The van der Waals surface area contributed by atoms with E-state index in [2.05, 4.69) is 5.32 Å². The summed E-state index contributed by atoms with van der Waals surface area (Å²) >= 11 is 0. The van der Waals surface area contributed by atoms with Gasteiger partial charge in [0.15, 0.2) is 0 Å². The van der Waals surface area contributed by atoms with E-state index in [0.29, 0.717) is 6.54 Å². The summed E-state index contributed by atoms with van der Waals surface area (Å²) in [4.78, 5) is 12.2. The van der Waals surface area contributed by atoms with Gasteiger partial charge in [-0.05, 0) is 31.0 Å². The Labute approximate surface area is 126 Å². The second kappa shape index (κ2) is 7.60. The predicted molar refractivity (Wildman–Crippen MR) is 88.0 cm³/mol. The molecule has 3 heteroatoms. The van der Waals surface area contributed by atoms with Gasteiger partial charge < -0.3 is 11.1 Å². The molecule has 0 aliphatic rings. The van der Waals surface area contributed by atoms with Crippen LogP contribution in [0.15, 0.2) is 54.6 Å². The third kappa shape index (κ3) is 4.17. The number of benzene rings is 2. The molecule has 0 aromatic heterocycles. The third-order valence-corrected chi connectivity index (χ3v) is 3.56. The minimum absolute atomic E-state index is 0.0302. The number of carbonyl (C=O) groups excluding carboxylic acids is 1. The van der Waals surface area contributed by atoms with Gasteiger partial charge in [-0.15, -0.1) is 0 Å². The van der Waals surface area contributed by atoms with Crippen LogP contribution in [-0.4, -0.2) is 12.5 Å². The molecule has 0 spiro atoms. The lowest BCUT2D eigenvalue weighted by Crippen LogP contribution is -2.21. The molecule has 0 aliphatic carbocycles. The van der Waals surface area contributed by atoms with Gasteiger partial charge in [0.05, 0.1) is 0 Å². The molecule has 3 nitrogen and oxygen atoms in total. The van der Waals surface area contributed by atoms with Crippen LogP contribution in [0.1, 0.15) is 19.8 Å². The van der Waals surface area contributed by atoms with E-state index in [1.807, 2.05) is 61.5 Å². The van der Waals surface area contributed by atoms with E-state index < -0.39 is 0 Å². The summed E-state index contributed by atoms with van der Waals surface area (Å²) in [5.74, 6) is 0.0178. The van der Waals surface area contributed by atoms with Gasteiger partial charge in [-0.25, -0.2) is 0 Å². The smallest absolute Gasteiger partial charge is 0.227 e. The molecular formula is C18H22N2O. The number of hydrogen-bond acceptors (Lipinski definition) is 2. The van der Waals surface area contributed by atoms with Gasteiger partial charge in [-0.1, -0.05) is 55.5 Å². The highest BCUT2D eigenvalue weighted by atomic mass is 16.1. The third-order valence-electron chi connectivity index (χ3n) is 3.56. The standard InChI is InChI=1S/C18H22N2O/c1-14(8-7-13-19)18(21)20-17-12-6-5-11-16(17)15-9-3-2-4-10-15/h2-6,9-12,14H,7-8,13,19H2,1H3,(H,20,21).